The molecule has 2 fully saturated rings. The lowest BCUT2D eigenvalue weighted by Gasteiger charge is -2.37. The van der Waals surface area contributed by atoms with Crippen molar-refractivity contribution in [3.8, 4) is 0 Å². The lowest BCUT2D eigenvalue weighted by atomic mass is 9.75. The molecule has 0 bridgehead atoms. The van der Waals surface area contributed by atoms with Gasteiger partial charge in [-0.15, -0.1) is 0 Å². The molecule has 1 N–H and O–H groups in total. The predicted octanol–water partition coefficient (Wildman–Crippen LogP) is 3.26. The molecule has 1 aromatic carbocycles. The van der Waals surface area contributed by atoms with E-state index in [1.54, 1.807) is 4.90 Å². The molecular formula is C19H26N2O3. The molecule has 0 aliphatic carbocycles. The van der Waals surface area contributed by atoms with Gasteiger partial charge in [-0.3, -0.25) is 4.79 Å². The molecule has 2 aliphatic heterocycles. The van der Waals surface area contributed by atoms with E-state index in [2.05, 4.69) is 17.4 Å². The van der Waals surface area contributed by atoms with E-state index >= 15 is 0 Å². The van der Waals surface area contributed by atoms with Crippen LogP contribution in [-0.4, -0.2) is 35.6 Å². The Morgan fingerprint density at radius 2 is 1.83 bits per heavy atom. The molecule has 24 heavy (non-hydrogen) atoms. The molecule has 1 atom stereocenters. The van der Waals surface area contributed by atoms with Crippen LogP contribution in [0, 0.1) is 5.41 Å². The van der Waals surface area contributed by atoms with E-state index in [9.17, 15) is 9.59 Å². The van der Waals surface area contributed by atoms with Crippen LogP contribution in [0.2, 0.25) is 0 Å². The van der Waals surface area contributed by atoms with Crippen LogP contribution in [0.1, 0.15) is 51.6 Å². The van der Waals surface area contributed by atoms with E-state index in [1.807, 2.05) is 39.0 Å². The van der Waals surface area contributed by atoms with Gasteiger partial charge in [0.1, 0.15) is 5.60 Å². The van der Waals surface area contributed by atoms with E-state index in [4.69, 9.17) is 4.74 Å². The smallest absolute Gasteiger partial charge is 0.410 e. The Hall–Kier alpha value is -2.04. The van der Waals surface area contributed by atoms with Gasteiger partial charge in [0.15, 0.2) is 0 Å². The van der Waals surface area contributed by atoms with E-state index in [1.165, 1.54) is 0 Å². The van der Waals surface area contributed by atoms with Crippen LogP contribution in [0.3, 0.4) is 0 Å². The minimum Gasteiger partial charge on any atom is -0.444 e. The molecule has 5 heteroatoms. The number of nitrogens with one attached hydrogen (secondary N) is 1. The van der Waals surface area contributed by atoms with E-state index in [0.717, 1.165) is 12.0 Å². The number of benzene rings is 1. The van der Waals surface area contributed by atoms with Gasteiger partial charge in [-0.1, -0.05) is 30.3 Å². The van der Waals surface area contributed by atoms with Gasteiger partial charge in [-0.25, -0.2) is 4.79 Å². The van der Waals surface area contributed by atoms with Gasteiger partial charge in [-0.05, 0) is 45.6 Å². The highest BCUT2D eigenvalue weighted by Crippen LogP contribution is 2.45. The normalized spacial score (nSPS) is 23.2. The van der Waals surface area contributed by atoms with Crippen molar-refractivity contribution < 1.29 is 14.3 Å². The Morgan fingerprint density at radius 1 is 1.21 bits per heavy atom. The zero-order valence-corrected chi connectivity index (χ0v) is 14.7. The minimum atomic E-state index is -0.491. The van der Waals surface area contributed by atoms with Crippen LogP contribution in [0.25, 0.3) is 0 Å². The summed E-state index contributed by atoms with van der Waals surface area (Å²) in [7, 11) is 0. The Morgan fingerprint density at radius 3 is 2.42 bits per heavy atom. The Kier molecular flexibility index (Phi) is 4.28. The van der Waals surface area contributed by atoms with Gasteiger partial charge in [-0.2, -0.15) is 0 Å². The van der Waals surface area contributed by atoms with Gasteiger partial charge in [0.05, 0.1) is 11.5 Å². The second-order valence-electron chi connectivity index (χ2n) is 7.89. The van der Waals surface area contributed by atoms with Gasteiger partial charge in [0.2, 0.25) is 5.91 Å². The summed E-state index contributed by atoms with van der Waals surface area (Å²) in [6.45, 7) is 6.75. The number of carbonyl (C=O) groups excluding carboxylic acids is 2. The monoisotopic (exact) mass is 330 g/mol. The van der Waals surface area contributed by atoms with Crippen molar-refractivity contribution in [2.24, 2.45) is 5.41 Å². The molecule has 2 heterocycles. The lowest BCUT2D eigenvalue weighted by molar-refractivity contribution is -0.130. The first-order valence-electron chi connectivity index (χ1n) is 8.63. The number of rotatable bonds is 1. The van der Waals surface area contributed by atoms with Gasteiger partial charge in [0, 0.05) is 13.1 Å². The summed E-state index contributed by atoms with van der Waals surface area (Å²) in [5.74, 6) is 0.125. The molecule has 0 radical (unpaired) electrons. The zero-order valence-electron chi connectivity index (χ0n) is 14.7. The van der Waals surface area contributed by atoms with Crippen LogP contribution in [0.4, 0.5) is 4.79 Å². The van der Waals surface area contributed by atoms with Crippen LogP contribution >= 0.6 is 0 Å². The average Bonchev–Trinajstić information content (AvgIpc) is 2.84. The summed E-state index contributed by atoms with van der Waals surface area (Å²) < 4.78 is 5.43. The molecule has 3 rings (SSSR count). The second-order valence-corrected chi connectivity index (χ2v) is 7.89. The predicted molar refractivity (Wildman–Crippen MR) is 91.4 cm³/mol. The number of carbonyl (C=O) groups is 2. The molecule has 0 unspecified atom stereocenters. The standard InChI is InChI=1S/C19H26N2O3/c1-18(2,3)24-17(23)21-11-9-19(10-12-21)13-15(20-16(19)22)14-7-5-4-6-8-14/h4-8,15H,9-13H2,1-3H3,(H,20,22)/t15-/m0/s1. The fraction of sp³-hybridized carbons (Fsp3) is 0.579. The summed E-state index contributed by atoms with van der Waals surface area (Å²) in [6.07, 6.45) is 1.91. The highest BCUT2D eigenvalue weighted by atomic mass is 16.6. The molecule has 2 saturated heterocycles. The third-order valence-corrected chi connectivity index (χ3v) is 4.96. The maximum absolute atomic E-state index is 12.6. The molecule has 1 aromatic rings. The largest absolute Gasteiger partial charge is 0.444 e. The highest BCUT2D eigenvalue weighted by molar-refractivity contribution is 5.86. The van der Waals surface area contributed by atoms with Gasteiger partial charge in [0.25, 0.3) is 0 Å². The summed E-state index contributed by atoms with van der Waals surface area (Å²) in [4.78, 5) is 26.5. The van der Waals surface area contributed by atoms with Crippen LogP contribution in [-0.2, 0) is 9.53 Å². The van der Waals surface area contributed by atoms with Crippen molar-refractivity contribution in [2.45, 2.75) is 51.7 Å². The molecule has 5 nitrogen and oxygen atoms in total. The Balaban J connectivity index is 1.63. The molecule has 130 valence electrons. The topological polar surface area (TPSA) is 58.6 Å². The summed E-state index contributed by atoms with van der Waals surface area (Å²) in [5, 5.41) is 3.14. The maximum Gasteiger partial charge on any atom is 0.410 e. The van der Waals surface area contributed by atoms with Crippen molar-refractivity contribution in [3.63, 3.8) is 0 Å². The van der Waals surface area contributed by atoms with E-state index in [-0.39, 0.29) is 23.5 Å². The number of piperidine rings is 1. The van der Waals surface area contributed by atoms with Crippen molar-refractivity contribution in [3.05, 3.63) is 35.9 Å². The minimum absolute atomic E-state index is 0.0757. The SMILES string of the molecule is CC(C)(C)OC(=O)N1CCC2(CC1)C[C@@H](c1ccccc1)NC2=O. The summed E-state index contributed by atoms with van der Waals surface area (Å²) in [5.41, 5.74) is 0.311. The molecule has 2 amide bonds. The lowest BCUT2D eigenvalue weighted by Crippen LogP contribution is -2.47. The Bertz CT molecular complexity index is 613. The maximum atomic E-state index is 12.6. The fourth-order valence-corrected chi connectivity index (χ4v) is 3.61. The van der Waals surface area contributed by atoms with Crippen molar-refractivity contribution in [1.82, 2.24) is 10.2 Å². The Labute approximate surface area is 143 Å². The first-order valence-corrected chi connectivity index (χ1v) is 8.63. The van der Waals surface area contributed by atoms with Crippen molar-refractivity contribution in [1.29, 1.82) is 0 Å². The number of hydrogen-bond acceptors (Lipinski definition) is 3. The second kappa shape index (κ2) is 6.11. The third-order valence-electron chi connectivity index (χ3n) is 4.96. The quantitative estimate of drug-likeness (QED) is 0.860. The number of amides is 2. The molecular weight excluding hydrogens is 304 g/mol. The van der Waals surface area contributed by atoms with Crippen LogP contribution in [0.15, 0.2) is 30.3 Å². The summed E-state index contributed by atoms with van der Waals surface area (Å²) in [6, 6.07) is 10.2. The van der Waals surface area contributed by atoms with Crippen molar-refractivity contribution >= 4 is 12.0 Å². The zero-order chi connectivity index (χ0) is 17.4. The van der Waals surface area contributed by atoms with Gasteiger partial charge >= 0.3 is 6.09 Å². The van der Waals surface area contributed by atoms with Gasteiger partial charge < -0.3 is 15.0 Å². The third kappa shape index (κ3) is 3.40. The molecule has 1 spiro atoms. The van der Waals surface area contributed by atoms with E-state index in [0.29, 0.717) is 25.9 Å². The first kappa shape index (κ1) is 16.8. The summed E-state index contributed by atoms with van der Waals surface area (Å²) >= 11 is 0. The first-order chi connectivity index (χ1) is 11.3. The van der Waals surface area contributed by atoms with Crippen LogP contribution in [0.5, 0.6) is 0 Å². The molecule has 0 aromatic heterocycles. The number of nitrogens with zero attached hydrogens (tertiary/aromatic N) is 1. The number of ether oxygens (including phenoxy) is 1. The van der Waals surface area contributed by atoms with Crippen LogP contribution < -0.4 is 5.32 Å². The van der Waals surface area contributed by atoms with E-state index < -0.39 is 5.60 Å². The average molecular weight is 330 g/mol. The fourth-order valence-electron chi connectivity index (χ4n) is 3.61. The number of hydrogen-bond donors (Lipinski definition) is 1. The highest BCUT2D eigenvalue weighted by Gasteiger charge is 2.49. The number of likely N-dealkylation sites (tertiary alicyclic amines) is 1. The molecule has 2 aliphatic rings. The van der Waals surface area contributed by atoms with Crippen molar-refractivity contribution in [2.75, 3.05) is 13.1 Å². The molecule has 0 saturated carbocycles.